The van der Waals surface area contributed by atoms with Crippen LogP contribution in [0, 0.1) is 11.8 Å². The molecule has 0 saturated heterocycles. The van der Waals surface area contributed by atoms with Crippen molar-refractivity contribution in [2.75, 3.05) is 26.3 Å². The highest BCUT2D eigenvalue weighted by molar-refractivity contribution is 4.66. The first kappa shape index (κ1) is 13.0. The number of nitrogens with one attached hydrogen (secondary N) is 1. The molecule has 15 heavy (non-hydrogen) atoms. The Morgan fingerprint density at radius 2 is 2.07 bits per heavy atom. The van der Waals surface area contributed by atoms with Gasteiger partial charge in [0.2, 0.25) is 0 Å². The Hall–Kier alpha value is -0.0800. The summed E-state index contributed by atoms with van der Waals surface area (Å²) in [5.41, 5.74) is 0. The molecule has 0 heterocycles. The molecule has 0 radical (unpaired) electrons. The van der Waals surface area contributed by atoms with Gasteiger partial charge in [-0.25, -0.2) is 0 Å². The van der Waals surface area contributed by atoms with Gasteiger partial charge in [-0.15, -0.1) is 0 Å². The molecule has 1 aliphatic carbocycles. The molecule has 1 aliphatic rings. The number of hydrogen-bond donors (Lipinski definition) is 1. The van der Waals surface area contributed by atoms with E-state index >= 15 is 0 Å². The summed E-state index contributed by atoms with van der Waals surface area (Å²) in [5, 5.41) is 3.43. The summed E-state index contributed by atoms with van der Waals surface area (Å²) in [6.07, 6.45) is 6.84. The average Bonchev–Trinajstić information content (AvgIpc) is 2.71. The summed E-state index contributed by atoms with van der Waals surface area (Å²) in [4.78, 5) is 0. The van der Waals surface area contributed by atoms with Crippen LogP contribution < -0.4 is 5.32 Å². The third-order valence-electron chi connectivity index (χ3n) is 3.15. The van der Waals surface area contributed by atoms with Gasteiger partial charge >= 0.3 is 0 Å². The molecule has 0 aromatic heterocycles. The molecule has 0 aromatic rings. The van der Waals surface area contributed by atoms with Crippen molar-refractivity contribution in [2.24, 2.45) is 11.8 Å². The molecule has 1 saturated carbocycles. The lowest BCUT2D eigenvalue weighted by Crippen LogP contribution is -2.25. The van der Waals surface area contributed by atoms with Crippen LogP contribution in [0.3, 0.4) is 0 Å². The molecule has 1 unspecified atom stereocenters. The minimum absolute atomic E-state index is 0.651. The van der Waals surface area contributed by atoms with Crippen LogP contribution in [0.25, 0.3) is 0 Å². The number of rotatable bonds is 8. The lowest BCUT2D eigenvalue weighted by atomic mass is 10.1. The van der Waals surface area contributed by atoms with Crippen LogP contribution in [-0.4, -0.2) is 26.3 Å². The molecule has 0 aliphatic heterocycles. The highest BCUT2D eigenvalue weighted by atomic mass is 16.5. The van der Waals surface area contributed by atoms with Crippen molar-refractivity contribution in [3.63, 3.8) is 0 Å². The van der Waals surface area contributed by atoms with Gasteiger partial charge in [0.25, 0.3) is 0 Å². The predicted molar refractivity (Wildman–Crippen MR) is 65.1 cm³/mol. The van der Waals surface area contributed by atoms with Crippen molar-refractivity contribution in [3.8, 4) is 0 Å². The Labute approximate surface area is 94.8 Å². The SMILES string of the molecule is CCCNCC(C)COCC1CCCC1. The quantitative estimate of drug-likeness (QED) is 0.626. The highest BCUT2D eigenvalue weighted by Crippen LogP contribution is 2.24. The third kappa shape index (κ3) is 6.16. The van der Waals surface area contributed by atoms with Crippen molar-refractivity contribution in [1.82, 2.24) is 5.32 Å². The molecule has 0 amide bonds. The Bertz CT molecular complexity index is 143. The molecule has 1 rings (SSSR count). The fourth-order valence-electron chi connectivity index (χ4n) is 2.20. The second kappa shape index (κ2) is 8.12. The maximum absolute atomic E-state index is 5.77. The second-order valence-corrected chi connectivity index (χ2v) is 5.00. The van der Waals surface area contributed by atoms with Gasteiger partial charge in [-0.05, 0) is 44.2 Å². The van der Waals surface area contributed by atoms with Gasteiger partial charge in [0.15, 0.2) is 0 Å². The standard InChI is InChI=1S/C13H27NO/c1-3-8-14-9-12(2)10-15-11-13-6-4-5-7-13/h12-14H,3-11H2,1-2H3. The number of hydrogen-bond acceptors (Lipinski definition) is 2. The van der Waals surface area contributed by atoms with Crippen LogP contribution >= 0.6 is 0 Å². The van der Waals surface area contributed by atoms with Crippen molar-refractivity contribution in [1.29, 1.82) is 0 Å². The van der Waals surface area contributed by atoms with Gasteiger partial charge in [-0.2, -0.15) is 0 Å². The zero-order valence-electron chi connectivity index (χ0n) is 10.4. The fraction of sp³-hybridized carbons (Fsp3) is 1.00. The minimum atomic E-state index is 0.651. The van der Waals surface area contributed by atoms with Crippen LogP contribution in [-0.2, 0) is 4.74 Å². The molecule has 0 spiro atoms. The smallest absolute Gasteiger partial charge is 0.0503 e. The van der Waals surface area contributed by atoms with E-state index < -0.39 is 0 Å². The van der Waals surface area contributed by atoms with Gasteiger partial charge in [0.05, 0.1) is 6.61 Å². The van der Waals surface area contributed by atoms with Gasteiger partial charge < -0.3 is 10.1 Å². The van der Waals surface area contributed by atoms with E-state index in [1.165, 1.54) is 32.1 Å². The summed E-state index contributed by atoms with van der Waals surface area (Å²) in [7, 11) is 0. The molecular formula is C13H27NO. The van der Waals surface area contributed by atoms with Crippen molar-refractivity contribution < 1.29 is 4.74 Å². The van der Waals surface area contributed by atoms with Gasteiger partial charge in [0.1, 0.15) is 0 Å². The van der Waals surface area contributed by atoms with E-state index in [2.05, 4.69) is 19.2 Å². The molecule has 0 aromatic carbocycles. The molecule has 90 valence electrons. The molecule has 1 N–H and O–H groups in total. The van der Waals surface area contributed by atoms with Crippen LogP contribution in [0.5, 0.6) is 0 Å². The lowest BCUT2D eigenvalue weighted by Gasteiger charge is -2.15. The second-order valence-electron chi connectivity index (χ2n) is 5.00. The largest absolute Gasteiger partial charge is 0.381 e. The average molecular weight is 213 g/mol. The first-order valence-electron chi connectivity index (χ1n) is 6.61. The minimum Gasteiger partial charge on any atom is -0.381 e. The Morgan fingerprint density at radius 1 is 1.33 bits per heavy atom. The zero-order valence-corrected chi connectivity index (χ0v) is 10.4. The molecule has 2 nitrogen and oxygen atoms in total. The predicted octanol–water partition coefficient (Wildman–Crippen LogP) is 2.83. The van der Waals surface area contributed by atoms with E-state index in [0.717, 1.165) is 32.2 Å². The highest BCUT2D eigenvalue weighted by Gasteiger charge is 2.15. The van der Waals surface area contributed by atoms with Gasteiger partial charge in [0, 0.05) is 6.61 Å². The first-order chi connectivity index (χ1) is 7.33. The van der Waals surface area contributed by atoms with E-state index in [0.29, 0.717) is 5.92 Å². The van der Waals surface area contributed by atoms with Crippen molar-refractivity contribution in [2.45, 2.75) is 46.0 Å². The summed E-state index contributed by atoms with van der Waals surface area (Å²) in [6, 6.07) is 0. The van der Waals surface area contributed by atoms with Crippen molar-refractivity contribution in [3.05, 3.63) is 0 Å². The van der Waals surface area contributed by atoms with Crippen LogP contribution in [0.1, 0.15) is 46.0 Å². The fourth-order valence-corrected chi connectivity index (χ4v) is 2.20. The van der Waals surface area contributed by atoms with E-state index in [1.807, 2.05) is 0 Å². The Kier molecular flexibility index (Phi) is 7.03. The summed E-state index contributed by atoms with van der Waals surface area (Å²) < 4.78 is 5.77. The van der Waals surface area contributed by atoms with Gasteiger partial charge in [-0.1, -0.05) is 26.7 Å². The summed E-state index contributed by atoms with van der Waals surface area (Å²) >= 11 is 0. The third-order valence-corrected chi connectivity index (χ3v) is 3.15. The summed E-state index contributed by atoms with van der Waals surface area (Å²) in [5.74, 6) is 1.51. The van der Waals surface area contributed by atoms with E-state index in [9.17, 15) is 0 Å². The lowest BCUT2D eigenvalue weighted by molar-refractivity contribution is 0.0769. The topological polar surface area (TPSA) is 21.3 Å². The molecule has 1 atom stereocenters. The maximum Gasteiger partial charge on any atom is 0.0503 e. The molecule has 2 heteroatoms. The van der Waals surface area contributed by atoms with Crippen LogP contribution in [0.15, 0.2) is 0 Å². The maximum atomic E-state index is 5.77. The zero-order chi connectivity index (χ0) is 10.9. The molecule has 1 fully saturated rings. The Balaban J connectivity index is 1.89. The van der Waals surface area contributed by atoms with E-state index in [1.54, 1.807) is 0 Å². The van der Waals surface area contributed by atoms with Crippen molar-refractivity contribution >= 4 is 0 Å². The summed E-state index contributed by atoms with van der Waals surface area (Å²) in [6.45, 7) is 8.61. The normalized spacial score (nSPS) is 19.6. The van der Waals surface area contributed by atoms with Gasteiger partial charge in [-0.3, -0.25) is 0 Å². The number of ether oxygens (including phenoxy) is 1. The molecule has 0 bridgehead atoms. The first-order valence-corrected chi connectivity index (χ1v) is 6.61. The monoisotopic (exact) mass is 213 g/mol. The molecular weight excluding hydrogens is 186 g/mol. The van der Waals surface area contributed by atoms with Crippen LogP contribution in [0.4, 0.5) is 0 Å². The van der Waals surface area contributed by atoms with Crippen LogP contribution in [0.2, 0.25) is 0 Å². The van der Waals surface area contributed by atoms with E-state index in [4.69, 9.17) is 4.74 Å². The van der Waals surface area contributed by atoms with E-state index in [-0.39, 0.29) is 0 Å². The Morgan fingerprint density at radius 3 is 2.73 bits per heavy atom.